The number of hydrogen-bond donors (Lipinski definition) is 1. The molecule has 0 saturated heterocycles. The van der Waals surface area contributed by atoms with Crippen LogP contribution in [0.2, 0.25) is 0 Å². The monoisotopic (exact) mass is 376 g/mol. The van der Waals surface area contributed by atoms with Crippen molar-refractivity contribution in [1.82, 2.24) is 10.3 Å². The number of nitrogens with one attached hydrogen (secondary N) is 1. The van der Waals surface area contributed by atoms with Crippen molar-refractivity contribution >= 4 is 27.3 Å². The number of benzene rings is 1. The van der Waals surface area contributed by atoms with Crippen molar-refractivity contribution in [3.05, 3.63) is 54.4 Å². The summed E-state index contributed by atoms with van der Waals surface area (Å²) in [5, 5.41) is 2.75. The molecule has 0 bridgehead atoms. The van der Waals surface area contributed by atoms with E-state index in [1.54, 1.807) is 24.4 Å². The van der Waals surface area contributed by atoms with Crippen LogP contribution in [-0.4, -0.2) is 46.2 Å². The fourth-order valence-electron chi connectivity index (χ4n) is 2.39. The van der Waals surface area contributed by atoms with Crippen LogP contribution < -0.4 is 14.5 Å². The number of anilines is 2. The summed E-state index contributed by atoms with van der Waals surface area (Å²) in [5.74, 6) is -0.228. The van der Waals surface area contributed by atoms with E-state index in [1.807, 2.05) is 43.3 Å². The topological polar surface area (TPSA) is 82.6 Å². The summed E-state index contributed by atoms with van der Waals surface area (Å²) < 4.78 is 25.5. The molecule has 8 heteroatoms. The van der Waals surface area contributed by atoms with E-state index >= 15 is 0 Å². The lowest BCUT2D eigenvalue weighted by molar-refractivity contribution is -0.121. The highest BCUT2D eigenvalue weighted by molar-refractivity contribution is 7.92. The first-order chi connectivity index (χ1) is 12.3. The standard InChI is InChI=1S/C18H24N4O3S/c1-21(2)16-7-9-17(10-8-16)22(26(3,24)25)13-11-18(23)20-14-15-6-4-5-12-19-15/h4-10,12H,11,13-14H2,1-3H3,(H,20,23). The summed E-state index contributed by atoms with van der Waals surface area (Å²) >= 11 is 0. The lowest BCUT2D eigenvalue weighted by Crippen LogP contribution is -2.34. The molecule has 140 valence electrons. The molecule has 0 aliphatic carbocycles. The van der Waals surface area contributed by atoms with Crippen LogP contribution in [-0.2, 0) is 21.4 Å². The normalized spacial score (nSPS) is 11.0. The fourth-order valence-corrected chi connectivity index (χ4v) is 3.31. The van der Waals surface area contributed by atoms with E-state index in [2.05, 4.69) is 10.3 Å². The quantitative estimate of drug-likeness (QED) is 0.757. The maximum absolute atomic E-state index is 12.1. The molecule has 0 radical (unpaired) electrons. The van der Waals surface area contributed by atoms with Gasteiger partial charge in [-0.25, -0.2) is 8.42 Å². The van der Waals surface area contributed by atoms with E-state index < -0.39 is 10.0 Å². The Kier molecular flexibility index (Phi) is 6.57. The third-order valence-electron chi connectivity index (χ3n) is 3.79. The summed E-state index contributed by atoms with van der Waals surface area (Å²) in [6.07, 6.45) is 2.86. The van der Waals surface area contributed by atoms with Gasteiger partial charge in [0.15, 0.2) is 0 Å². The first-order valence-corrected chi connectivity index (χ1v) is 10.0. The lowest BCUT2D eigenvalue weighted by atomic mass is 10.2. The molecule has 7 nitrogen and oxygen atoms in total. The van der Waals surface area contributed by atoms with Gasteiger partial charge in [-0.15, -0.1) is 0 Å². The van der Waals surface area contributed by atoms with Crippen LogP contribution in [0.3, 0.4) is 0 Å². The van der Waals surface area contributed by atoms with Crippen LogP contribution in [0, 0.1) is 0 Å². The molecular weight excluding hydrogens is 352 g/mol. The second-order valence-electron chi connectivity index (χ2n) is 6.09. The number of carbonyl (C=O) groups is 1. The zero-order valence-corrected chi connectivity index (χ0v) is 16.0. The van der Waals surface area contributed by atoms with Gasteiger partial charge < -0.3 is 10.2 Å². The number of hydrogen-bond acceptors (Lipinski definition) is 5. The highest BCUT2D eigenvalue weighted by atomic mass is 32.2. The summed E-state index contributed by atoms with van der Waals surface area (Å²) in [6.45, 7) is 0.393. The first kappa shape index (κ1) is 19.7. The molecule has 0 saturated carbocycles. The second kappa shape index (κ2) is 8.66. The van der Waals surface area contributed by atoms with Crippen LogP contribution in [0.5, 0.6) is 0 Å². The Labute approximate surface area is 154 Å². The molecule has 1 N–H and O–H groups in total. The SMILES string of the molecule is CN(C)c1ccc(N(CCC(=O)NCc2ccccn2)S(C)(=O)=O)cc1. The Balaban J connectivity index is 1.99. The maximum Gasteiger partial charge on any atom is 0.232 e. The van der Waals surface area contributed by atoms with Gasteiger partial charge in [-0.1, -0.05) is 6.07 Å². The van der Waals surface area contributed by atoms with Crippen molar-refractivity contribution in [2.24, 2.45) is 0 Å². The molecule has 1 aromatic heterocycles. The molecule has 0 spiro atoms. The van der Waals surface area contributed by atoms with E-state index in [1.165, 1.54) is 4.31 Å². The number of amides is 1. The van der Waals surface area contributed by atoms with Gasteiger partial charge in [0.25, 0.3) is 0 Å². The Morgan fingerprint density at radius 3 is 2.27 bits per heavy atom. The van der Waals surface area contributed by atoms with Crippen molar-refractivity contribution in [2.45, 2.75) is 13.0 Å². The maximum atomic E-state index is 12.1. The molecule has 0 aliphatic heterocycles. The van der Waals surface area contributed by atoms with Crippen LogP contribution in [0.15, 0.2) is 48.7 Å². The molecule has 2 rings (SSSR count). The number of carbonyl (C=O) groups excluding carboxylic acids is 1. The number of sulfonamides is 1. The number of nitrogens with zero attached hydrogens (tertiary/aromatic N) is 3. The van der Waals surface area contributed by atoms with Crippen LogP contribution in [0.1, 0.15) is 12.1 Å². The Hall–Kier alpha value is -2.61. The molecule has 26 heavy (non-hydrogen) atoms. The van der Waals surface area contributed by atoms with E-state index in [-0.39, 0.29) is 18.9 Å². The van der Waals surface area contributed by atoms with E-state index in [9.17, 15) is 13.2 Å². The minimum Gasteiger partial charge on any atom is -0.378 e. The van der Waals surface area contributed by atoms with Gasteiger partial charge in [-0.2, -0.15) is 0 Å². The molecule has 1 heterocycles. The van der Waals surface area contributed by atoms with Crippen LogP contribution in [0.25, 0.3) is 0 Å². The largest absolute Gasteiger partial charge is 0.378 e. The minimum atomic E-state index is -3.49. The summed E-state index contributed by atoms with van der Waals surface area (Å²) in [4.78, 5) is 18.1. The molecule has 0 aliphatic rings. The van der Waals surface area contributed by atoms with Crippen molar-refractivity contribution < 1.29 is 13.2 Å². The Bertz CT molecular complexity index is 821. The number of aromatic nitrogens is 1. The van der Waals surface area contributed by atoms with Gasteiger partial charge in [0.1, 0.15) is 0 Å². The van der Waals surface area contributed by atoms with Crippen LogP contribution >= 0.6 is 0 Å². The third kappa shape index (κ3) is 5.73. The average Bonchev–Trinajstić information content (AvgIpc) is 2.60. The molecular formula is C18H24N4O3S. The predicted molar refractivity (Wildman–Crippen MR) is 104 cm³/mol. The third-order valence-corrected chi connectivity index (χ3v) is 4.98. The predicted octanol–water partition coefficient (Wildman–Crippen LogP) is 1.62. The van der Waals surface area contributed by atoms with E-state index in [4.69, 9.17) is 0 Å². The van der Waals surface area contributed by atoms with Gasteiger partial charge in [0.2, 0.25) is 15.9 Å². The highest BCUT2D eigenvalue weighted by Crippen LogP contribution is 2.21. The Morgan fingerprint density at radius 2 is 1.73 bits per heavy atom. The van der Waals surface area contributed by atoms with Gasteiger partial charge in [0.05, 0.1) is 24.2 Å². The molecule has 0 atom stereocenters. The zero-order chi connectivity index (χ0) is 19.2. The molecule has 1 amide bonds. The lowest BCUT2D eigenvalue weighted by Gasteiger charge is -2.23. The van der Waals surface area contributed by atoms with Gasteiger partial charge in [-0.3, -0.25) is 14.1 Å². The second-order valence-corrected chi connectivity index (χ2v) is 8.00. The van der Waals surface area contributed by atoms with E-state index in [0.717, 1.165) is 17.6 Å². The summed E-state index contributed by atoms with van der Waals surface area (Å²) in [5.41, 5.74) is 2.26. The highest BCUT2D eigenvalue weighted by Gasteiger charge is 2.18. The number of pyridine rings is 1. The fraction of sp³-hybridized carbons (Fsp3) is 0.333. The first-order valence-electron chi connectivity index (χ1n) is 8.19. The van der Waals surface area contributed by atoms with Gasteiger partial charge >= 0.3 is 0 Å². The van der Waals surface area contributed by atoms with Crippen molar-refractivity contribution in [1.29, 1.82) is 0 Å². The number of rotatable bonds is 8. The van der Waals surface area contributed by atoms with E-state index in [0.29, 0.717) is 12.2 Å². The van der Waals surface area contributed by atoms with Crippen molar-refractivity contribution in [2.75, 3.05) is 36.1 Å². The molecule has 2 aromatic rings. The molecule has 0 unspecified atom stereocenters. The summed E-state index contributed by atoms with van der Waals surface area (Å²) in [7, 11) is 0.337. The van der Waals surface area contributed by atoms with Gasteiger partial charge in [0, 0.05) is 38.9 Å². The average molecular weight is 376 g/mol. The zero-order valence-electron chi connectivity index (χ0n) is 15.2. The smallest absolute Gasteiger partial charge is 0.232 e. The van der Waals surface area contributed by atoms with Crippen molar-refractivity contribution in [3.63, 3.8) is 0 Å². The molecule has 1 aromatic carbocycles. The molecule has 0 fully saturated rings. The summed E-state index contributed by atoms with van der Waals surface area (Å²) in [6, 6.07) is 12.6. The Morgan fingerprint density at radius 1 is 1.08 bits per heavy atom. The van der Waals surface area contributed by atoms with Crippen molar-refractivity contribution in [3.8, 4) is 0 Å². The minimum absolute atomic E-state index is 0.0648. The van der Waals surface area contributed by atoms with Crippen LogP contribution in [0.4, 0.5) is 11.4 Å². The van der Waals surface area contributed by atoms with Gasteiger partial charge in [-0.05, 0) is 36.4 Å².